The molecule has 0 aliphatic carbocycles. The number of hydrogen-bond acceptors (Lipinski definition) is 1. The Morgan fingerprint density at radius 2 is 1.89 bits per heavy atom. The van der Waals surface area contributed by atoms with Crippen molar-refractivity contribution in [3.63, 3.8) is 0 Å². The second-order valence-corrected chi connectivity index (χ2v) is 6.29. The minimum atomic E-state index is 0.822. The molecule has 2 bridgehead atoms. The van der Waals surface area contributed by atoms with Crippen molar-refractivity contribution in [2.45, 2.75) is 51.2 Å². The Hall–Kier alpha value is -1.02. The molecule has 2 atom stereocenters. The van der Waals surface area contributed by atoms with Gasteiger partial charge in [-0.3, -0.25) is 0 Å². The Bertz CT molecular complexity index is 416. The summed E-state index contributed by atoms with van der Waals surface area (Å²) < 4.78 is 1.21. The Morgan fingerprint density at radius 1 is 1.22 bits per heavy atom. The first kappa shape index (κ1) is 12.0. The zero-order valence-electron chi connectivity index (χ0n) is 11.5. The van der Waals surface area contributed by atoms with E-state index in [9.17, 15) is 0 Å². The fraction of sp³-hybridized carbons (Fsp3) is 0.562. The third-order valence-corrected chi connectivity index (χ3v) is 5.32. The molecule has 2 unspecified atom stereocenters. The van der Waals surface area contributed by atoms with Gasteiger partial charge in [-0.1, -0.05) is 12.1 Å². The quantitative estimate of drug-likeness (QED) is 0.628. The van der Waals surface area contributed by atoms with E-state index in [1.165, 1.54) is 41.3 Å². The van der Waals surface area contributed by atoms with Gasteiger partial charge in [0.1, 0.15) is 6.54 Å². The van der Waals surface area contributed by atoms with Gasteiger partial charge in [-0.05, 0) is 25.0 Å². The number of rotatable bonds is 2. The van der Waals surface area contributed by atoms with Crippen molar-refractivity contribution in [2.24, 2.45) is 0 Å². The second kappa shape index (κ2) is 4.27. The van der Waals surface area contributed by atoms with Crippen LogP contribution in [0.4, 0.5) is 5.69 Å². The van der Waals surface area contributed by atoms with Crippen molar-refractivity contribution in [3.8, 4) is 0 Å². The van der Waals surface area contributed by atoms with E-state index >= 15 is 0 Å². The van der Waals surface area contributed by atoms with Gasteiger partial charge in [0.2, 0.25) is 0 Å². The fourth-order valence-electron chi connectivity index (χ4n) is 4.01. The maximum absolute atomic E-state index is 6.19. The van der Waals surface area contributed by atoms with Gasteiger partial charge in [0, 0.05) is 36.9 Å². The third kappa shape index (κ3) is 1.74. The lowest BCUT2D eigenvalue weighted by molar-refractivity contribution is -0.959. The summed E-state index contributed by atoms with van der Waals surface area (Å²) in [5.41, 5.74) is 9.89. The molecule has 2 heterocycles. The number of nitrogens with zero attached hydrogens (tertiary/aromatic N) is 1. The molecule has 0 amide bonds. The van der Waals surface area contributed by atoms with Crippen molar-refractivity contribution >= 4 is 5.69 Å². The molecule has 0 saturated carbocycles. The SMILES string of the molecule is Cc1cccc(N)c1C[N+]1(C)C2C[CH]CC1CC2. The topological polar surface area (TPSA) is 26.0 Å². The lowest BCUT2D eigenvalue weighted by atomic mass is 9.96. The van der Waals surface area contributed by atoms with Crippen LogP contribution >= 0.6 is 0 Å². The van der Waals surface area contributed by atoms with E-state index in [4.69, 9.17) is 5.73 Å². The number of aryl methyl sites for hydroxylation is 1. The van der Waals surface area contributed by atoms with Gasteiger partial charge in [0.25, 0.3) is 0 Å². The van der Waals surface area contributed by atoms with Gasteiger partial charge in [0.15, 0.2) is 0 Å². The number of nitrogens with two attached hydrogens (primary N) is 1. The molecule has 2 aliphatic rings. The monoisotopic (exact) mass is 244 g/mol. The number of quaternary nitrogens is 1. The highest BCUT2D eigenvalue weighted by Gasteiger charge is 2.48. The number of nitrogen functional groups attached to an aromatic ring is 1. The van der Waals surface area contributed by atoms with Gasteiger partial charge in [-0.15, -0.1) is 0 Å². The second-order valence-electron chi connectivity index (χ2n) is 6.29. The van der Waals surface area contributed by atoms with Crippen molar-refractivity contribution < 1.29 is 4.48 Å². The van der Waals surface area contributed by atoms with Crippen LogP contribution in [0.25, 0.3) is 0 Å². The van der Waals surface area contributed by atoms with E-state index in [0.29, 0.717) is 0 Å². The van der Waals surface area contributed by atoms with Crippen LogP contribution in [-0.4, -0.2) is 23.6 Å². The van der Waals surface area contributed by atoms with E-state index in [2.05, 4.69) is 32.5 Å². The molecule has 97 valence electrons. The summed E-state index contributed by atoms with van der Waals surface area (Å²) in [4.78, 5) is 0. The molecular weight excluding hydrogens is 220 g/mol. The molecule has 3 rings (SSSR count). The van der Waals surface area contributed by atoms with Crippen LogP contribution in [0.1, 0.15) is 36.8 Å². The van der Waals surface area contributed by atoms with E-state index in [1.807, 2.05) is 6.07 Å². The Kier molecular flexibility index (Phi) is 2.86. The van der Waals surface area contributed by atoms with Crippen molar-refractivity contribution in [2.75, 3.05) is 12.8 Å². The first-order chi connectivity index (χ1) is 8.61. The predicted octanol–water partition coefficient (Wildman–Crippen LogP) is 3.05. The molecule has 0 spiro atoms. The summed E-state index contributed by atoms with van der Waals surface area (Å²) in [6.07, 6.45) is 7.87. The predicted molar refractivity (Wildman–Crippen MR) is 75.8 cm³/mol. The normalized spacial score (nSPS) is 34.8. The van der Waals surface area contributed by atoms with Crippen molar-refractivity contribution in [1.82, 2.24) is 0 Å². The minimum absolute atomic E-state index is 0.822. The smallest absolute Gasteiger partial charge is 0.107 e. The van der Waals surface area contributed by atoms with Gasteiger partial charge in [-0.2, -0.15) is 0 Å². The molecular formula is C16H24N2+. The van der Waals surface area contributed by atoms with Gasteiger partial charge < -0.3 is 10.2 Å². The third-order valence-electron chi connectivity index (χ3n) is 5.32. The first-order valence-corrected chi connectivity index (χ1v) is 7.12. The molecule has 1 aromatic rings. The Labute approximate surface area is 110 Å². The average molecular weight is 244 g/mol. The first-order valence-electron chi connectivity index (χ1n) is 7.12. The van der Waals surface area contributed by atoms with Crippen molar-refractivity contribution in [3.05, 3.63) is 35.7 Å². The van der Waals surface area contributed by atoms with Crippen LogP contribution in [0.3, 0.4) is 0 Å². The zero-order chi connectivity index (χ0) is 12.8. The highest BCUT2D eigenvalue weighted by molar-refractivity contribution is 5.50. The fourth-order valence-corrected chi connectivity index (χ4v) is 4.01. The summed E-state index contributed by atoms with van der Waals surface area (Å²) in [5, 5.41) is 0. The molecule has 2 heteroatoms. The Morgan fingerprint density at radius 3 is 2.50 bits per heavy atom. The van der Waals surface area contributed by atoms with Crippen LogP contribution in [0.2, 0.25) is 0 Å². The van der Waals surface area contributed by atoms with E-state index < -0.39 is 0 Å². The molecule has 0 aromatic heterocycles. The molecule has 18 heavy (non-hydrogen) atoms. The van der Waals surface area contributed by atoms with E-state index in [0.717, 1.165) is 24.3 Å². The van der Waals surface area contributed by atoms with Crippen LogP contribution in [0.5, 0.6) is 0 Å². The van der Waals surface area contributed by atoms with Crippen LogP contribution in [0.15, 0.2) is 18.2 Å². The summed E-state index contributed by atoms with van der Waals surface area (Å²) >= 11 is 0. The number of hydrogen-bond donors (Lipinski definition) is 1. The molecule has 2 N–H and O–H groups in total. The summed E-state index contributed by atoms with van der Waals surface area (Å²) in [5.74, 6) is 0. The lowest BCUT2D eigenvalue weighted by Crippen LogP contribution is -2.55. The van der Waals surface area contributed by atoms with E-state index in [-0.39, 0.29) is 0 Å². The van der Waals surface area contributed by atoms with Gasteiger partial charge >= 0.3 is 0 Å². The summed E-state index contributed by atoms with van der Waals surface area (Å²) in [7, 11) is 2.45. The standard InChI is InChI=1S/C16H24N2/c1-12-5-3-8-16(17)15(12)11-18(2)13-6-4-7-14(18)10-9-13/h3-5,8,13-14H,6-7,9-11,17H2,1-2H3/q+1. The van der Waals surface area contributed by atoms with E-state index in [1.54, 1.807) is 0 Å². The van der Waals surface area contributed by atoms with Gasteiger partial charge in [0.05, 0.1) is 19.1 Å². The maximum atomic E-state index is 6.19. The van der Waals surface area contributed by atoms with Crippen LogP contribution in [-0.2, 0) is 6.54 Å². The highest BCUT2D eigenvalue weighted by atomic mass is 15.4. The average Bonchev–Trinajstić information content (AvgIpc) is 2.56. The number of benzene rings is 1. The van der Waals surface area contributed by atoms with Gasteiger partial charge in [-0.25, -0.2) is 0 Å². The largest absolute Gasteiger partial charge is 0.398 e. The summed E-state index contributed by atoms with van der Waals surface area (Å²) in [6, 6.07) is 7.94. The number of anilines is 1. The lowest BCUT2D eigenvalue weighted by Gasteiger charge is -2.45. The Balaban J connectivity index is 1.92. The molecule has 1 aromatic carbocycles. The van der Waals surface area contributed by atoms with Crippen LogP contribution < -0.4 is 5.73 Å². The number of fused-ring (bicyclic) bond motifs is 2. The molecule has 2 fully saturated rings. The minimum Gasteiger partial charge on any atom is -0.398 e. The summed E-state index contributed by atoms with van der Waals surface area (Å²) in [6.45, 7) is 3.30. The maximum Gasteiger partial charge on any atom is 0.107 e. The highest BCUT2D eigenvalue weighted by Crippen LogP contribution is 2.42. The van der Waals surface area contributed by atoms with Crippen LogP contribution in [0, 0.1) is 13.3 Å². The number of piperidine rings is 1. The van der Waals surface area contributed by atoms with Crippen molar-refractivity contribution in [1.29, 1.82) is 0 Å². The molecule has 1 radical (unpaired) electrons. The molecule has 2 saturated heterocycles. The zero-order valence-corrected chi connectivity index (χ0v) is 11.5. The molecule has 2 nitrogen and oxygen atoms in total. The molecule has 2 aliphatic heterocycles.